The van der Waals surface area contributed by atoms with Crippen LogP contribution in [0.4, 0.5) is 0 Å². The third-order valence-electron chi connectivity index (χ3n) is 3.27. The summed E-state index contributed by atoms with van der Waals surface area (Å²) in [6.45, 7) is 0.939. The number of benzene rings is 1. The van der Waals surface area contributed by atoms with Crippen molar-refractivity contribution in [2.45, 2.75) is 35.4 Å². The van der Waals surface area contributed by atoms with E-state index in [9.17, 15) is 4.79 Å². The topological polar surface area (TPSA) is 20.3 Å². The largest absolute Gasteiger partial charge is 0.339 e. The maximum atomic E-state index is 12.1. The summed E-state index contributed by atoms with van der Waals surface area (Å²) < 4.78 is 0. The predicted octanol–water partition coefficient (Wildman–Crippen LogP) is 3.20. The lowest BCUT2D eigenvalue weighted by Crippen LogP contribution is -2.30. The maximum Gasteiger partial charge on any atom is 0.236 e. The van der Waals surface area contributed by atoms with Crippen molar-refractivity contribution < 1.29 is 4.79 Å². The molecule has 90 valence electrons. The molecule has 0 spiro atoms. The number of nitrogens with zero attached hydrogens (tertiary/aromatic N) is 1. The molecule has 2 fully saturated rings. The van der Waals surface area contributed by atoms with Crippen molar-refractivity contribution in [3.05, 3.63) is 29.3 Å². The number of likely N-dealkylation sites (tertiary alicyclic amines) is 1. The van der Waals surface area contributed by atoms with E-state index >= 15 is 0 Å². The number of amides is 1. The van der Waals surface area contributed by atoms with E-state index in [0.717, 1.165) is 22.9 Å². The summed E-state index contributed by atoms with van der Waals surface area (Å²) in [5, 5.41) is 0.850. The summed E-state index contributed by atoms with van der Waals surface area (Å²) >= 11 is 7.51. The number of hydrogen-bond acceptors (Lipinski definition) is 2. The summed E-state index contributed by atoms with van der Waals surface area (Å²) in [6, 6.07) is 8.28. The summed E-state index contributed by atoms with van der Waals surface area (Å²) in [5.74, 6) is 0.326. The second-order valence-corrected chi connectivity index (χ2v) is 6.32. The van der Waals surface area contributed by atoms with Gasteiger partial charge in [0, 0.05) is 22.5 Å². The summed E-state index contributed by atoms with van der Waals surface area (Å²) in [7, 11) is 0. The van der Waals surface area contributed by atoms with E-state index < -0.39 is 0 Å². The predicted molar refractivity (Wildman–Crippen MR) is 70.4 cm³/mol. The van der Waals surface area contributed by atoms with Crippen LogP contribution in [0.2, 0.25) is 5.02 Å². The molecule has 1 saturated carbocycles. The van der Waals surface area contributed by atoms with Crippen LogP contribution in [0, 0.1) is 0 Å². The minimum Gasteiger partial charge on any atom is -0.339 e. The van der Waals surface area contributed by atoms with Crippen molar-refractivity contribution in [1.82, 2.24) is 4.90 Å². The zero-order chi connectivity index (χ0) is 11.8. The lowest BCUT2D eigenvalue weighted by Gasteiger charge is -2.15. The highest BCUT2D eigenvalue weighted by Gasteiger charge is 2.40. The highest BCUT2D eigenvalue weighted by atomic mass is 35.5. The first-order chi connectivity index (χ1) is 8.24. The third-order valence-corrected chi connectivity index (χ3v) is 4.79. The highest BCUT2D eigenvalue weighted by molar-refractivity contribution is 8.00. The smallest absolute Gasteiger partial charge is 0.236 e. The molecule has 1 aromatic carbocycles. The molecule has 0 radical (unpaired) electrons. The van der Waals surface area contributed by atoms with Crippen molar-refractivity contribution >= 4 is 29.3 Å². The van der Waals surface area contributed by atoms with Crippen LogP contribution >= 0.6 is 23.4 Å². The second kappa shape index (κ2) is 4.54. The molecular formula is C13H14ClNOS. The SMILES string of the molecule is O=C1C(Sc2ccc(Cl)cc2)CCN1C1CC1. The zero-order valence-electron chi connectivity index (χ0n) is 9.43. The monoisotopic (exact) mass is 267 g/mol. The Morgan fingerprint density at radius 2 is 1.88 bits per heavy atom. The fourth-order valence-electron chi connectivity index (χ4n) is 2.21. The van der Waals surface area contributed by atoms with E-state index in [1.807, 2.05) is 24.3 Å². The number of carbonyl (C=O) groups excluding carboxylic acids is 1. The van der Waals surface area contributed by atoms with E-state index in [1.54, 1.807) is 11.8 Å². The van der Waals surface area contributed by atoms with Crippen molar-refractivity contribution in [3.8, 4) is 0 Å². The van der Waals surface area contributed by atoms with Gasteiger partial charge in [0.1, 0.15) is 0 Å². The first kappa shape index (κ1) is 11.4. The van der Waals surface area contributed by atoms with Gasteiger partial charge in [-0.25, -0.2) is 0 Å². The fraction of sp³-hybridized carbons (Fsp3) is 0.462. The van der Waals surface area contributed by atoms with E-state index in [0.29, 0.717) is 11.9 Å². The number of thioether (sulfide) groups is 1. The van der Waals surface area contributed by atoms with Crippen LogP contribution < -0.4 is 0 Å². The van der Waals surface area contributed by atoms with Gasteiger partial charge in [-0.1, -0.05) is 11.6 Å². The molecule has 1 heterocycles. The Balaban J connectivity index is 1.65. The average molecular weight is 268 g/mol. The molecule has 2 nitrogen and oxygen atoms in total. The van der Waals surface area contributed by atoms with Gasteiger partial charge in [0.15, 0.2) is 0 Å². The van der Waals surface area contributed by atoms with E-state index in [-0.39, 0.29) is 5.25 Å². The van der Waals surface area contributed by atoms with E-state index in [4.69, 9.17) is 11.6 Å². The molecule has 4 heteroatoms. The molecule has 1 aromatic rings. The number of carbonyl (C=O) groups is 1. The van der Waals surface area contributed by atoms with Crippen molar-refractivity contribution in [1.29, 1.82) is 0 Å². The normalized spacial score (nSPS) is 24.4. The van der Waals surface area contributed by atoms with Crippen molar-refractivity contribution in [2.75, 3.05) is 6.54 Å². The summed E-state index contributed by atoms with van der Waals surface area (Å²) in [6.07, 6.45) is 3.37. The average Bonchev–Trinajstić information content (AvgIpc) is 3.10. The highest BCUT2D eigenvalue weighted by Crippen LogP contribution is 2.36. The molecule has 1 amide bonds. The van der Waals surface area contributed by atoms with E-state index in [2.05, 4.69) is 4.90 Å². The van der Waals surface area contributed by atoms with Crippen LogP contribution in [0.15, 0.2) is 29.2 Å². The summed E-state index contributed by atoms with van der Waals surface area (Å²) in [5.41, 5.74) is 0. The van der Waals surface area contributed by atoms with Gasteiger partial charge < -0.3 is 4.90 Å². The Kier molecular flexibility index (Phi) is 3.05. The van der Waals surface area contributed by atoms with Crippen molar-refractivity contribution in [2.24, 2.45) is 0 Å². The van der Waals surface area contributed by atoms with Gasteiger partial charge >= 0.3 is 0 Å². The van der Waals surface area contributed by atoms with Gasteiger partial charge in [-0.05, 0) is 43.5 Å². The van der Waals surface area contributed by atoms with E-state index in [1.165, 1.54) is 12.8 Å². The molecule has 1 aliphatic heterocycles. The van der Waals surface area contributed by atoms with Crippen LogP contribution in [-0.2, 0) is 4.79 Å². The standard InChI is InChI=1S/C13H14ClNOS/c14-9-1-5-11(6-2-9)17-12-7-8-15(13(12)16)10-3-4-10/h1-2,5-6,10,12H,3-4,7-8H2. The van der Waals surface area contributed by atoms with Crippen LogP contribution in [0.3, 0.4) is 0 Å². The minimum absolute atomic E-state index is 0.108. The fourth-order valence-corrected chi connectivity index (χ4v) is 3.42. The van der Waals surface area contributed by atoms with Crippen LogP contribution in [0.25, 0.3) is 0 Å². The third kappa shape index (κ3) is 2.45. The van der Waals surface area contributed by atoms with Gasteiger partial charge in [0.25, 0.3) is 0 Å². The number of halogens is 1. The molecule has 2 aliphatic rings. The first-order valence-corrected chi connectivity index (χ1v) is 7.22. The molecule has 1 aliphatic carbocycles. The molecule has 17 heavy (non-hydrogen) atoms. The summed E-state index contributed by atoms with van der Waals surface area (Å²) in [4.78, 5) is 15.3. The Labute approximate surface area is 110 Å². The molecule has 0 aromatic heterocycles. The lowest BCUT2D eigenvalue weighted by molar-refractivity contribution is -0.127. The number of rotatable bonds is 3. The van der Waals surface area contributed by atoms with Crippen LogP contribution in [0.5, 0.6) is 0 Å². The molecule has 3 rings (SSSR count). The molecule has 0 bridgehead atoms. The van der Waals surface area contributed by atoms with Gasteiger partial charge in [-0.3, -0.25) is 4.79 Å². The Morgan fingerprint density at radius 3 is 2.53 bits per heavy atom. The second-order valence-electron chi connectivity index (χ2n) is 4.61. The quantitative estimate of drug-likeness (QED) is 0.838. The lowest BCUT2D eigenvalue weighted by atomic mass is 10.4. The zero-order valence-corrected chi connectivity index (χ0v) is 11.0. The van der Waals surface area contributed by atoms with Gasteiger partial charge in [0.05, 0.1) is 5.25 Å². The Bertz CT molecular complexity index is 430. The maximum absolute atomic E-state index is 12.1. The minimum atomic E-state index is 0.108. The Morgan fingerprint density at radius 1 is 1.18 bits per heavy atom. The van der Waals surface area contributed by atoms with Gasteiger partial charge in [0.2, 0.25) is 5.91 Å². The molecule has 1 atom stereocenters. The van der Waals surface area contributed by atoms with Crippen LogP contribution in [0.1, 0.15) is 19.3 Å². The molecular weight excluding hydrogens is 254 g/mol. The Hall–Kier alpha value is -0.670. The van der Waals surface area contributed by atoms with Gasteiger partial charge in [-0.2, -0.15) is 0 Å². The van der Waals surface area contributed by atoms with Crippen LogP contribution in [-0.4, -0.2) is 28.6 Å². The van der Waals surface area contributed by atoms with Crippen molar-refractivity contribution in [3.63, 3.8) is 0 Å². The molecule has 0 N–H and O–H groups in total. The van der Waals surface area contributed by atoms with Gasteiger partial charge in [-0.15, -0.1) is 11.8 Å². The molecule has 1 saturated heterocycles. The first-order valence-electron chi connectivity index (χ1n) is 5.97. The number of hydrogen-bond donors (Lipinski definition) is 0. The molecule has 1 unspecified atom stereocenters.